The predicted octanol–water partition coefficient (Wildman–Crippen LogP) is 13.9. The van der Waals surface area contributed by atoms with E-state index in [0.29, 0.717) is 0 Å². The molecule has 1 heteroatoms. The summed E-state index contributed by atoms with van der Waals surface area (Å²) in [6.07, 6.45) is 0. The van der Waals surface area contributed by atoms with Crippen molar-refractivity contribution in [2.75, 3.05) is 0 Å². The Morgan fingerprint density at radius 1 is 0.308 bits per heavy atom. The zero-order valence-electron chi connectivity index (χ0n) is 28.6. The number of thioether (sulfide) groups is 1. The molecule has 11 rings (SSSR count). The maximum absolute atomic E-state index is 2.48. The lowest BCUT2D eigenvalue weighted by molar-refractivity contribution is 0.677. The number of rotatable bonds is 3. The van der Waals surface area contributed by atoms with Crippen LogP contribution < -0.4 is 0 Å². The van der Waals surface area contributed by atoms with Crippen LogP contribution in [0, 0.1) is 0 Å². The smallest absolute Gasteiger partial charge is 0.0238 e. The van der Waals surface area contributed by atoms with E-state index in [1.165, 1.54) is 99.5 Å². The van der Waals surface area contributed by atoms with E-state index in [1.807, 2.05) is 11.8 Å². The first-order valence-corrected chi connectivity index (χ1v) is 19.2. The molecule has 0 nitrogen and oxygen atoms in total. The van der Waals surface area contributed by atoms with E-state index in [4.69, 9.17) is 0 Å². The van der Waals surface area contributed by atoms with Crippen molar-refractivity contribution in [3.63, 3.8) is 0 Å². The molecule has 0 amide bonds. The van der Waals surface area contributed by atoms with Crippen molar-refractivity contribution in [2.24, 2.45) is 0 Å². The Morgan fingerprint density at radius 3 is 1.29 bits per heavy atom. The van der Waals surface area contributed by atoms with E-state index in [0.717, 1.165) is 5.75 Å². The lowest BCUT2D eigenvalue weighted by Gasteiger charge is -2.41. The highest BCUT2D eigenvalue weighted by atomic mass is 32.2. The maximum Gasteiger partial charge on any atom is 0.0238 e. The van der Waals surface area contributed by atoms with E-state index in [2.05, 4.69) is 182 Å². The lowest BCUT2D eigenvalue weighted by atomic mass is 9.61. The van der Waals surface area contributed by atoms with Gasteiger partial charge in [-0.2, -0.15) is 0 Å². The molecule has 52 heavy (non-hydrogen) atoms. The van der Waals surface area contributed by atoms with E-state index in [9.17, 15) is 0 Å². The molecular formula is C51H34S. The van der Waals surface area contributed by atoms with Crippen molar-refractivity contribution >= 4 is 11.8 Å². The van der Waals surface area contributed by atoms with Gasteiger partial charge in [-0.1, -0.05) is 164 Å². The number of hydrogen-bond acceptors (Lipinski definition) is 1. The van der Waals surface area contributed by atoms with Crippen LogP contribution >= 0.6 is 11.8 Å². The van der Waals surface area contributed by atoms with Gasteiger partial charge in [0.15, 0.2) is 0 Å². The quantitative estimate of drug-likeness (QED) is 0.179. The van der Waals surface area contributed by atoms with Gasteiger partial charge in [0.05, 0.1) is 0 Å². The third-order valence-electron chi connectivity index (χ3n) is 11.6. The lowest BCUT2D eigenvalue weighted by Crippen LogP contribution is -2.24. The summed E-state index contributed by atoms with van der Waals surface area (Å²) in [5.41, 5.74) is 22.8. The van der Waals surface area contributed by atoms with Crippen LogP contribution in [0.25, 0.3) is 66.8 Å². The molecule has 0 saturated carbocycles. The molecule has 0 fully saturated rings. The second kappa shape index (κ2) is 11.8. The van der Waals surface area contributed by atoms with Gasteiger partial charge in [-0.3, -0.25) is 0 Å². The minimum atomic E-state index is 0.262. The van der Waals surface area contributed by atoms with Crippen molar-refractivity contribution in [3.8, 4) is 66.8 Å². The molecule has 2 unspecified atom stereocenters. The zero-order chi connectivity index (χ0) is 34.2. The van der Waals surface area contributed by atoms with Gasteiger partial charge < -0.3 is 0 Å². The van der Waals surface area contributed by atoms with Crippen LogP contribution in [-0.2, 0) is 5.75 Å². The highest BCUT2D eigenvalue weighted by Gasteiger charge is 2.40. The first-order valence-electron chi connectivity index (χ1n) is 18.3. The highest BCUT2D eigenvalue weighted by Crippen LogP contribution is 2.58. The molecule has 8 aromatic rings. The third kappa shape index (κ3) is 4.63. The van der Waals surface area contributed by atoms with Crippen LogP contribution in [0.1, 0.15) is 39.7 Å². The maximum atomic E-state index is 2.48. The number of fused-ring (bicyclic) bond motifs is 14. The average molecular weight is 679 g/mol. The topological polar surface area (TPSA) is 0 Å². The molecule has 0 bridgehead atoms. The fourth-order valence-corrected chi connectivity index (χ4v) is 10.2. The van der Waals surface area contributed by atoms with Gasteiger partial charge in [-0.05, 0) is 113 Å². The molecule has 1 aliphatic heterocycles. The summed E-state index contributed by atoms with van der Waals surface area (Å²) < 4.78 is 0. The zero-order valence-corrected chi connectivity index (χ0v) is 29.4. The van der Waals surface area contributed by atoms with Gasteiger partial charge in [0.2, 0.25) is 0 Å². The van der Waals surface area contributed by atoms with Gasteiger partial charge >= 0.3 is 0 Å². The standard InChI is InChI=1S/C51H34S/c1-4-13-44-39(9-1)40-10-2-6-15-46(40)51-48-30-37(27-28-42(48)41-11-3-5-14-45(41)50(44)51)35-23-19-33(20-24-35)32-17-21-34(22-18-32)36-25-26-38-31-52-49-16-8-7-12-43(49)47(38)29-36/h1-30,50-51H,31H2. The monoisotopic (exact) mass is 678 g/mol. The Kier molecular flexibility index (Phi) is 6.78. The van der Waals surface area contributed by atoms with Gasteiger partial charge in [0.1, 0.15) is 0 Å². The van der Waals surface area contributed by atoms with Gasteiger partial charge in [-0.15, -0.1) is 11.8 Å². The largest absolute Gasteiger partial charge is 0.121 e. The Bertz CT molecular complexity index is 2680. The summed E-state index contributed by atoms with van der Waals surface area (Å²) in [4.78, 5) is 1.38. The first kappa shape index (κ1) is 29.8. The number of benzene rings is 8. The van der Waals surface area contributed by atoms with Crippen molar-refractivity contribution in [1.82, 2.24) is 0 Å². The minimum absolute atomic E-state index is 0.262. The van der Waals surface area contributed by atoms with Crippen LogP contribution in [-0.4, -0.2) is 0 Å². The van der Waals surface area contributed by atoms with Crippen molar-refractivity contribution in [3.05, 3.63) is 210 Å². The van der Waals surface area contributed by atoms with Gasteiger partial charge in [0, 0.05) is 22.5 Å². The summed E-state index contributed by atoms with van der Waals surface area (Å²) in [6.45, 7) is 0. The minimum Gasteiger partial charge on any atom is -0.121 e. The molecule has 0 aromatic heterocycles. The first-order chi connectivity index (χ1) is 25.8. The summed E-state index contributed by atoms with van der Waals surface area (Å²) in [7, 11) is 0. The Morgan fingerprint density at radius 2 is 0.712 bits per heavy atom. The fraction of sp³-hybridized carbons (Fsp3) is 0.0588. The molecule has 0 radical (unpaired) electrons. The summed E-state index contributed by atoms with van der Waals surface area (Å²) in [6, 6.07) is 68.3. The van der Waals surface area contributed by atoms with Gasteiger partial charge in [-0.25, -0.2) is 0 Å². The Balaban J connectivity index is 0.933. The van der Waals surface area contributed by atoms with Gasteiger partial charge in [0.25, 0.3) is 0 Å². The molecule has 0 spiro atoms. The molecule has 2 aliphatic carbocycles. The van der Waals surface area contributed by atoms with E-state index >= 15 is 0 Å². The normalized spacial score (nSPS) is 15.9. The molecule has 3 aliphatic rings. The Labute approximate surface area is 309 Å². The molecule has 8 aromatic carbocycles. The van der Waals surface area contributed by atoms with Crippen molar-refractivity contribution < 1.29 is 0 Å². The average Bonchev–Trinajstić information content (AvgIpc) is 3.23. The van der Waals surface area contributed by atoms with Crippen LogP contribution in [0.2, 0.25) is 0 Å². The molecular weight excluding hydrogens is 645 g/mol. The SMILES string of the molecule is c1ccc2c(c1)SCc1ccc(-c3ccc(-c4ccc(-c5ccc6c(c5)C5c7ccccc7-c7ccccc7C5c5ccccc5-6)cc4)cc3)cc1-2. The van der Waals surface area contributed by atoms with Crippen LogP contribution in [0.5, 0.6) is 0 Å². The van der Waals surface area contributed by atoms with Crippen LogP contribution in [0.15, 0.2) is 187 Å². The van der Waals surface area contributed by atoms with Crippen LogP contribution in [0.4, 0.5) is 0 Å². The molecule has 0 saturated heterocycles. The predicted molar refractivity (Wildman–Crippen MR) is 219 cm³/mol. The van der Waals surface area contributed by atoms with E-state index in [-0.39, 0.29) is 11.8 Å². The highest BCUT2D eigenvalue weighted by molar-refractivity contribution is 7.98. The molecule has 244 valence electrons. The van der Waals surface area contributed by atoms with Crippen molar-refractivity contribution in [2.45, 2.75) is 22.5 Å². The second-order valence-corrected chi connectivity index (χ2v) is 15.3. The summed E-state index contributed by atoms with van der Waals surface area (Å²) in [5.74, 6) is 1.58. The van der Waals surface area contributed by atoms with E-state index in [1.54, 1.807) is 0 Å². The fourth-order valence-electron chi connectivity index (χ4n) is 9.15. The van der Waals surface area contributed by atoms with Crippen molar-refractivity contribution in [1.29, 1.82) is 0 Å². The molecule has 1 heterocycles. The third-order valence-corrected chi connectivity index (χ3v) is 12.8. The summed E-state index contributed by atoms with van der Waals surface area (Å²) >= 11 is 1.94. The Hall–Kier alpha value is -5.89. The molecule has 0 N–H and O–H groups in total. The molecule has 2 atom stereocenters. The second-order valence-electron chi connectivity index (χ2n) is 14.3. The number of hydrogen-bond donors (Lipinski definition) is 0. The van der Waals surface area contributed by atoms with Crippen LogP contribution in [0.3, 0.4) is 0 Å². The summed E-state index contributed by atoms with van der Waals surface area (Å²) in [5, 5.41) is 0. The van der Waals surface area contributed by atoms with E-state index < -0.39 is 0 Å².